The first kappa shape index (κ1) is 12.0. The smallest absolute Gasteiger partial charge is 0.0548 e. The molecule has 1 rings (SSSR count). The fraction of sp³-hybridized carbons (Fsp3) is 0.455. The first-order valence-corrected chi connectivity index (χ1v) is 5.99. The van der Waals surface area contributed by atoms with Crippen molar-refractivity contribution in [2.75, 3.05) is 13.6 Å². The van der Waals surface area contributed by atoms with Gasteiger partial charge in [-0.05, 0) is 66.5 Å². The van der Waals surface area contributed by atoms with Crippen LogP contribution in [0.3, 0.4) is 0 Å². The normalized spacial score (nSPS) is 10.5. The molecule has 0 amide bonds. The number of hydrogen-bond acceptors (Lipinski definition) is 1. The van der Waals surface area contributed by atoms with Gasteiger partial charge in [-0.3, -0.25) is 0 Å². The van der Waals surface area contributed by atoms with E-state index < -0.39 is 0 Å². The maximum atomic E-state index is 5.91. The molecule has 0 heterocycles. The summed E-state index contributed by atoms with van der Waals surface area (Å²) in [4.78, 5) is 0. The van der Waals surface area contributed by atoms with Crippen LogP contribution >= 0.6 is 27.5 Å². The van der Waals surface area contributed by atoms with E-state index in [1.165, 1.54) is 18.4 Å². The van der Waals surface area contributed by atoms with Crippen molar-refractivity contribution in [3.8, 4) is 0 Å². The lowest BCUT2D eigenvalue weighted by Crippen LogP contribution is -2.07. The third-order valence-electron chi connectivity index (χ3n) is 2.13. The Morgan fingerprint density at radius 1 is 1.36 bits per heavy atom. The molecule has 0 unspecified atom stereocenters. The van der Waals surface area contributed by atoms with Crippen molar-refractivity contribution in [3.05, 3.63) is 33.3 Å². The fourth-order valence-corrected chi connectivity index (χ4v) is 1.87. The minimum Gasteiger partial charge on any atom is -0.320 e. The summed E-state index contributed by atoms with van der Waals surface area (Å²) in [6, 6.07) is 6.13. The Bertz CT molecular complexity index is 289. The largest absolute Gasteiger partial charge is 0.320 e. The standard InChI is InChI=1S/C11H15BrClN/c1-14-7-3-2-4-9-5-6-11(13)10(12)8-9/h5-6,8,14H,2-4,7H2,1H3. The number of aryl methyl sites for hydroxylation is 1. The third-order valence-corrected chi connectivity index (χ3v) is 3.34. The van der Waals surface area contributed by atoms with Crippen LogP contribution in [0.2, 0.25) is 5.02 Å². The molecule has 1 nitrogen and oxygen atoms in total. The zero-order valence-corrected chi connectivity index (χ0v) is 10.7. The van der Waals surface area contributed by atoms with Crippen LogP contribution < -0.4 is 5.32 Å². The fourth-order valence-electron chi connectivity index (χ4n) is 1.33. The van der Waals surface area contributed by atoms with Crippen LogP contribution in [0.25, 0.3) is 0 Å². The summed E-state index contributed by atoms with van der Waals surface area (Å²) in [6.07, 6.45) is 3.56. The molecular weight excluding hydrogens is 261 g/mol. The van der Waals surface area contributed by atoms with Gasteiger partial charge in [0.25, 0.3) is 0 Å². The Labute approximate surface area is 99.0 Å². The van der Waals surface area contributed by atoms with Gasteiger partial charge in [-0.1, -0.05) is 17.7 Å². The summed E-state index contributed by atoms with van der Waals surface area (Å²) in [5.41, 5.74) is 1.34. The predicted octanol–water partition coefficient (Wildman–Crippen LogP) is 3.64. The van der Waals surface area contributed by atoms with Gasteiger partial charge < -0.3 is 5.32 Å². The van der Waals surface area contributed by atoms with E-state index >= 15 is 0 Å². The minimum atomic E-state index is 0.781. The lowest BCUT2D eigenvalue weighted by atomic mass is 10.1. The highest BCUT2D eigenvalue weighted by molar-refractivity contribution is 9.10. The Hall–Kier alpha value is -0.0500. The van der Waals surface area contributed by atoms with Gasteiger partial charge in [-0.15, -0.1) is 0 Å². The van der Waals surface area contributed by atoms with Gasteiger partial charge in [0, 0.05) is 4.47 Å². The van der Waals surface area contributed by atoms with Gasteiger partial charge >= 0.3 is 0 Å². The summed E-state index contributed by atoms with van der Waals surface area (Å²) in [5.74, 6) is 0. The van der Waals surface area contributed by atoms with Crippen LogP contribution in [0.15, 0.2) is 22.7 Å². The van der Waals surface area contributed by atoms with E-state index in [0.29, 0.717) is 0 Å². The monoisotopic (exact) mass is 275 g/mol. The van der Waals surface area contributed by atoms with Gasteiger partial charge in [0.05, 0.1) is 5.02 Å². The van der Waals surface area contributed by atoms with E-state index in [9.17, 15) is 0 Å². The van der Waals surface area contributed by atoms with E-state index in [1.807, 2.05) is 13.1 Å². The third kappa shape index (κ3) is 3.99. The second-order valence-corrected chi connectivity index (χ2v) is 4.57. The SMILES string of the molecule is CNCCCCc1ccc(Cl)c(Br)c1. The van der Waals surface area contributed by atoms with Crippen molar-refractivity contribution >= 4 is 27.5 Å². The highest BCUT2D eigenvalue weighted by atomic mass is 79.9. The van der Waals surface area contributed by atoms with Gasteiger partial charge in [0.1, 0.15) is 0 Å². The van der Waals surface area contributed by atoms with Crippen LogP contribution in [0.4, 0.5) is 0 Å². The van der Waals surface area contributed by atoms with Crippen LogP contribution in [0.1, 0.15) is 18.4 Å². The van der Waals surface area contributed by atoms with Crippen molar-refractivity contribution in [1.82, 2.24) is 5.32 Å². The second-order valence-electron chi connectivity index (χ2n) is 3.31. The summed E-state index contributed by atoms with van der Waals surface area (Å²) in [6.45, 7) is 1.09. The van der Waals surface area contributed by atoms with Crippen molar-refractivity contribution < 1.29 is 0 Å². The molecule has 0 bridgehead atoms. The lowest BCUT2D eigenvalue weighted by molar-refractivity contribution is 0.677. The molecule has 3 heteroatoms. The van der Waals surface area contributed by atoms with Gasteiger partial charge in [0.2, 0.25) is 0 Å². The first-order chi connectivity index (χ1) is 6.74. The van der Waals surface area contributed by atoms with Crippen molar-refractivity contribution in [2.45, 2.75) is 19.3 Å². The maximum absolute atomic E-state index is 5.91. The van der Waals surface area contributed by atoms with E-state index in [4.69, 9.17) is 11.6 Å². The average molecular weight is 277 g/mol. The van der Waals surface area contributed by atoms with Crippen LogP contribution in [-0.2, 0) is 6.42 Å². The Morgan fingerprint density at radius 3 is 2.79 bits per heavy atom. The summed E-state index contributed by atoms with van der Waals surface area (Å²) >= 11 is 9.33. The molecule has 0 fully saturated rings. The lowest BCUT2D eigenvalue weighted by Gasteiger charge is -2.03. The molecule has 1 aromatic rings. The van der Waals surface area contributed by atoms with Gasteiger partial charge in [-0.2, -0.15) is 0 Å². The van der Waals surface area contributed by atoms with Crippen molar-refractivity contribution in [2.24, 2.45) is 0 Å². The van der Waals surface area contributed by atoms with E-state index in [1.54, 1.807) is 0 Å². The molecule has 78 valence electrons. The zero-order valence-electron chi connectivity index (χ0n) is 8.32. The van der Waals surface area contributed by atoms with E-state index in [-0.39, 0.29) is 0 Å². The molecule has 1 N–H and O–H groups in total. The number of benzene rings is 1. The number of nitrogens with one attached hydrogen (secondary N) is 1. The molecule has 0 saturated carbocycles. The quantitative estimate of drug-likeness (QED) is 0.810. The number of halogens is 2. The Balaban J connectivity index is 2.39. The molecule has 0 aliphatic carbocycles. The van der Waals surface area contributed by atoms with Crippen LogP contribution in [-0.4, -0.2) is 13.6 Å². The molecular formula is C11H15BrClN. The predicted molar refractivity (Wildman–Crippen MR) is 66.0 cm³/mol. The van der Waals surface area contributed by atoms with Crippen LogP contribution in [0, 0.1) is 0 Å². The number of unbranched alkanes of at least 4 members (excludes halogenated alkanes) is 1. The minimum absolute atomic E-state index is 0.781. The average Bonchev–Trinajstić information content (AvgIpc) is 2.18. The van der Waals surface area contributed by atoms with Crippen molar-refractivity contribution in [1.29, 1.82) is 0 Å². The molecule has 0 radical (unpaired) electrons. The molecule has 0 spiro atoms. The highest BCUT2D eigenvalue weighted by Gasteiger charge is 1.98. The highest BCUT2D eigenvalue weighted by Crippen LogP contribution is 2.23. The topological polar surface area (TPSA) is 12.0 Å². The van der Waals surface area contributed by atoms with Gasteiger partial charge in [-0.25, -0.2) is 0 Å². The molecule has 0 aromatic heterocycles. The van der Waals surface area contributed by atoms with E-state index in [0.717, 1.165) is 22.5 Å². The Morgan fingerprint density at radius 2 is 2.14 bits per heavy atom. The molecule has 0 aliphatic rings. The summed E-state index contributed by atoms with van der Waals surface area (Å²) < 4.78 is 0.991. The summed E-state index contributed by atoms with van der Waals surface area (Å²) in [7, 11) is 1.98. The zero-order chi connectivity index (χ0) is 10.4. The second kappa shape index (κ2) is 6.44. The molecule has 0 saturated heterocycles. The molecule has 1 aromatic carbocycles. The first-order valence-electron chi connectivity index (χ1n) is 4.82. The van der Waals surface area contributed by atoms with E-state index in [2.05, 4.69) is 33.4 Å². The maximum Gasteiger partial charge on any atom is 0.0548 e. The molecule has 0 aliphatic heterocycles. The molecule has 14 heavy (non-hydrogen) atoms. The molecule has 0 atom stereocenters. The van der Waals surface area contributed by atoms with Crippen molar-refractivity contribution in [3.63, 3.8) is 0 Å². The number of hydrogen-bond donors (Lipinski definition) is 1. The van der Waals surface area contributed by atoms with Gasteiger partial charge in [0.15, 0.2) is 0 Å². The Kier molecular flexibility index (Phi) is 5.53. The number of rotatable bonds is 5. The summed E-state index contributed by atoms with van der Waals surface area (Å²) in [5, 5.41) is 3.93. The van der Waals surface area contributed by atoms with Crippen LogP contribution in [0.5, 0.6) is 0 Å².